The number of hydrogen-bond acceptors (Lipinski definition) is 6. The summed E-state index contributed by atoms with van der Waals surface area (Å²) in [6.07, 6.45) is 1.88. The van der Waals surface area contributed by atoms with E-state index in [9.17, 15) is 19.5 Å². The van der Waals surface area contributed by atoms with Crippen LogP contribution in [-0.4, -0.2) is 47.4 Å². The van der Waals surface area contributed by atoms with Gasteiger partial charge in [0.15, 0.2) is 12.4 Å². The normalized spacial score (nSPS) is 17.2. The van der Waals surface area contributed by atoms with Crippen LogP contribution in [0.25, 0.3) is 6.08 Å². The number of ketones is 1. The van der Waals surface area contributed by atoms with Crippen LogP contribution in [0.2, 0.25) is 0 Å². The second-order valence-corrected chi connectivity index (χ2v) is 8.51. The largest absolute Gasteiger partial charge is 0.497 e. The number of nitrogens with zero attached hydrogens (tertiary/aromatic N) is 1. The number of ether oxygens (including phenoxy) is 3. The zero-order chi connectivity index (χ0) is 25.2. The van der Waals surface area contributed by atoms with Gasteiger partial charge in [0.1, 0.15) is 23.3 Å². The molecule has 1 N–H and O–H groups in total. The molecule has 0 bridgehead atoms. The highest BCUT2D eigenvalue weighted by molar-refractivity contribution is 6.14. The smallest absolute Gasteiger partial charge is 0.326 e. The van der Waals surface area contributed by atoms with Crippen molar-refractivity contribution in [2.45, 2.75) is 19.0 Å². The van der Waals surface area contributed by atoms with Gasteiger partial charge in [0, 0.05) is 19.0 Å². The number of rotatable bonds is 6. The molecular formula is C28H23NO7. The highest BCUT2D eigenvalue weighted by atomic mass is 16.5. The number of amides is 1. The lowest BCUT2D eigenvalue weighted by Gasteiger charge is -2.34. The van der Waals surface area contributed by atoms with E-state index in [1.807, 2.05) is 36.4 Å². The molecule has 1 amide bonds. The Morgan fingerprint density at radius 3 is 2.64 bits per heavy atom. The summed E-state index contributed by atoms with van der Waals surface area (Å²) in [7, 11) is 1.57. The molecule has 0 aromatic heterocycles. The molecule has 2 heterocycles. The number of hydrogen-bond donors (Lipinski definition) is 1. The van der Waals surface area contributed by atoms with Crippen molar-refractivity contribution in [3.8, 4) is 17.2 Å². The van der Waals surface area contributed by atoms with Crippen LogP contribution in [0.15, 0.2) is 72.5 Å². The molecule has 8 nitrogen and oxygen atoms in total. The van der Waals surface area contributed by atoms with Gasteiger partial charge in [-0.05, 0) is 47.0 Å². The van der Waals surface area contributed by atoms with Crippen molar-refractivity contribution in [1.82, 2.24) is 4.90 Å². The molecule has 182 valence electrons. The van der Waals surface area contributed by atoms with Crippen molar-refractivity contribution in [1.29, 1.82) is 0 Å². The highest BCUT2D eigenvalue weighted by Gasteiger charge is 2.35. The topological polar surface area (TPSA) is 102 Å². The predicted octanol–water partition coefficient (Wildman–Crippen LogP) is 3.73. The van der Waals surface area contributed by atoms with Gasteiger partial charge in [0.25, 0.3) is 5.91 Å². The molecule has 0 saturated heterocycles. The number of methoxy groups -OCH3 is 1. The number of carbonyl (C=O) groups excluding carboxylic acids is 2. The Labute approximate surface area is 207 Å². The lowest BCUT2D eigenvalue weighted by molar-refractivity contribution is -0.152. The molecule has 2 aliphatic heterocycles. The number of Topliss-reactive ketones (excluding diaryl/α,β-unsaturated/α-hetero) is 1. The van der Waals surface area contributed by atoms with E-state index < -0.39 is 17.9 Å². The Balaban J connectivity index is 1.28. The first kappa shape index (κ1) is 23.2. The number of benzene rings is 3. The van der Waals surface area contributed by atoms with E-state index in [0.717, 1.165) is 16.7 Å². The van der Waals surface area contributed by atoms with Gasteiger partial charge >= 0.3 is 5.97 Å². The summed E-state index contributed by atoms with van der Waals surface area (Å²) >= 11 is 0. The van der Waals surface area contributed by atoms with Crippen molar-refractivity contribution in [2.75, 3.05) is 13.7 Å². The number of carboxylic acids is 1. The maximum absolute atomic E-state index is 12.9. The summed E-state index contributed by atoms with van der Waals surface area (Å²) in [5.41, 5.74) is 2.99. The summed E-state index contributed by atoms with van der Waals surface area (Å²) in [4.78, 5) is 38.8. The van der Waals surface area contributed by atoms with E-state index in [1.54, 1.807) is 43.5 Å². The standard InChI is InChI=1S/C28H23NO7/c1-34-20-8-4-5-17(11-20)12-25-27(31)22-10-9-21(14-24(22)36-25)35-16-26(30)29-15-19-7-3-2-6-18(19)13-23(29)28(32)33/h2-12,14,23H,13,15-16H2,1H3,(H,32,33)/t23-/m0/s1. The minimum Gasteiger partial charge on any atom is -0.497 e. The van der Waals surface area contributed by atoms with Gasteiger partial charge in [-0.3, -0.25) is 9.59 Å². The fraction of sp³-hybridized carbons (Fsp3) is 0.179. The zero-order valence-corrected chi connectivity index (χ0v) is 19.5. The molecule has 2 aliphatic rings. The molecule has 0 spiro atoms. The maximum Gasteiger partial charge on any atom is 0.326 e. The Morgan fingerprint density at radius 2 is 1.86 bits per heavy atom. The highest BCUT2D eigenvalue weighted by Crippen LogP contribution is 2.35. The molecule has 1 atom stereocenters. The molecule has 5 rings (SSSR count). The van der Waals surface area contributed by atoms with Crippen LogP contribution in [0.5, 0.6) is 17.2 Å². The van der Waals surface area contributed by atoms with Gasteiger partial charge < -0.3 is 24.2 Å². The lowest BCUT2D eigenvalue weighted by Crippen LogP contribution is -2.50. The molecule has 3 aromatic rings. The average molecular weight is 485 g/mol. The summed E-state index contributed by atoms with van der Waals surface area (Å²) in [5.74, 6) is -0.258. The van der Waals surface area contributed by atoms with Crippen molar-refractivity contribution < 1.29 is 33.7 Å². The minimum absolute atomic E-state index is 0.169. The Kier molecular flexibility index (Phi) is 6.16. The molecular weight excluding hydrogens is 462 g/mol. The molecule has 8 heteroatoms. The van der Waals surface area contributed by atoms with Crippen LogP contribution < -0.4 is 14.2 Å². The molecule has 0 fully saturated rings. The van der Waals surface area contributed by atoms with Crippen LogP contribution in [0.1, 0.15) is 27.0 Å². The van der Waals surface area contributed by atoms with E-state index in [1.165, 1.54) is 4.90 Å². The van der Waals surface area contributed by atoms with Gasteiger partial charge in [0.05, 0.1) is 12.7 Å². The molecule has 0 radical (unpaired) electrons. The Morgan fingerprint density at radius 1 is 1.06 bits per heavy atom. The van der Waals surface area contributed by atoms with Gasteiger partial charge in [0.2, 0.25) is 5.78 Å². The molecule has 0 unspecified atom stereocenters. The van der Waals surface area contributed by atoms with E-state index in [-0.39, 0.29) is 31.1 Å². The molecule has 0 saturated carbocycles. The van der Waals surface area contributed by atoms with Crippen LogP contribution in [0.3, 0.4) is 0 Å². The summed E-state index contributed by atoms with van der Waals surface area (Å²) in [6.45, 7) is -0.138. The molecule has 0 aliphatic carbocycles. The lowest BCUT2D eigenvalue weighted by atomic mass is 9.94. The van der Waals surface area contributed by atoms with Crippen molar-refractivity contribution in [3.63, 3.8) is 0 Å². The number of allylic oxidation sites excluding steroid dienone is 1. The van der Waals surface area contributed by atoms with Gasteiger partial charge in [-0.25, -0.2) is 4.79 Å². The van der Waals surface area contributed by atoms with Crippen LogP contribution in [-0.2, 0) is 22.6 Å². The Bertz CT molecular complexity index is 1390. The fourth-order valence-electron chi connectivity index (χ4n) is 4.37. The number of aliphatic carboxylic acids is 1. The molecule has 36 heavy (non-hydrogen) atoms. The van der Waals surface area contributed by atoms with Gasteiger partial charge in [-0.2, -0.15) is 0 Å². The third kappa shape index (κ3) is 4.53. The van der Waals surface area contributed by atoms with Crippen molar-refractivity contribution in [3.05, 3.63) is 94.7 Å². The maximum atomic E-state index is 12.9. The zero-order valence-electron chi connectivity index (χ0n) is 19.5. The summed E-state index contributed by atoms with van der Waals surface area (Å²) in [6, 6.07) is 18.5. The number of fused-ring (bicyclic) bond motifs is 2. The second-order valence-electron chi connectivity index (χ2n) is 8.51. The number of carbonyl (C=O) groups is 3. The first-order valence-corrected chi connectivity index (χ1v) is 11.4. The SMILES string of the molecule is COc1cccc(C=C2Oc3cc(OCC(=O)N4Cc5ccccc5C[C@H]4C(=O)O)ccc3C2=O)c1. The summed E-state index contributed by atoms with van der Waals surface area (Å²) in [5, 5.41) is 9.66. The van der Waals surface area contributed by atoms with Crippen LogP contribution in [0, 0.1) is 0 Å². The second kappa shape index (κ2) is 9.58. The van der Waals surface area contributed by atoms with E-state index in [4.69, 9.17) is 14.2 Å². The first-order valence-electron chi connectivity index (χ1n) is 11.4. The Hall–Kier alpha value is -4.59. The third-order valence-electron chi connectivity index (χ3n) is 6.25. The monoisotopic (exact) mass is 485 g/mol. The minimum atomic E-state index is -1.06. The summed E-state index contributed by atoms with van der Waals surface area (Å²) < 4.78 is 16.7. The fourth-order valence-corrected chi connectivity index (χ4v) is 4.37. The van der Waals surface area contributed by atoms with E-state index >= 15 is 0 Å². The predicted molar refractivity (Wildman–Crippen MR) is 130 cm³/mol. The van der Waals surface area contributed by atoms with Gasteiger partial charge in [-0.15, -0.1) is 0 Å². The third-order valence-corrected chi connectivity index (χ3v) is 6.25. The average Bonchev–Trinajstić information content (AvgIpc) is 3.20. The van der Waals surface area contributed by atoms with Gasteiger partial charge in [-0.1, -0.05) is 36.4 Å². The van der Waals surface area contributed by atoms with E-state index in [2.05, 4.69) is 0 Å². The van der Waals surface area contributed by atoms with Crippen molar-refractivity contribution >= 4 is 23.7 Å². The van der Waals surface area contributed by atoms with E-state index in [0.29, 0.717) is 22.8 Å². The first-order chi connectivity index (χ1) is 17.4. The molecule has 3 aromatic carbocycles. The quantitative estimate of drug-likeness (QED) is 0.531. The van der Waals surface area contributed by atoms with Crippen molar-refractivity contribution in [2.24, 2.45) is 0 Å². The van der Waals surface area contributed by atoms with Crippen LogP contribution >= 0.6 is 0 Å². The number of carboxylic acid groups (broad SMARTS) is 1. The van der Waals surface area contributed by atoms with Crippen LogP contribution in [0.4, 0.5) is 0 Å².